The summed E-state index contributed by atoms with van der Waals surface area (Å²) >= 11 is 0. The number of methoxy groups -OCH3 is 1. The molecule has 2 unspecified atom stereocenters. The van der Waals surface area contributed by atoms with Gasteiger partial charge in [0.1, 0.15) is 18.1 Å². The molecule has 0 aliphatic carbocycles. The fraction of sp³-hybridized carbons (Fsp3) is 0.480. The first-order valence-corrected chi connectivity index (χ1v) is 11.2. The van der Waals surface area contributed by atoms with Crippen molar-refractivity contribution in [3.05, 3.63) is 59.7 Å². The smallest absolute Gasteiger partial charge is 0.191 e. The van der Waals surface area contributed by atoms with E-state index in [1.807, 2.05) is 24.3 Å². The zero-order chi connectivity index (χ0) is 22.8. The second-order valence-corrected chi connectivity index (χ2v) is 8.10. The van der Waals surface area contributed by atoms with Crippen molar-refractivity contribution >= 4 is 5.96 Å². The second kappa shape index (κ2) is 12.3. The van der Waals surface area contributed by atoms with E-state index >= 15 is 0 Å². The maximum absolute atomic E-state index is 5.87. The van der Waals surface area contributed by atoms with Crippen molar-refractivity contribution in [2.24, 2.45) is 4.99 Å². The van der Waals surface area contributed by atoms with Crippen LogP contribution in [0.2, 0.25) is 0 Å². The first-order valence-electron chi connectivity index (χ1n) is 11.2. The number of aliphatic imine (C=N–C) groups is 1. The Hall–Kier alpha value is -2.77. The molecule has 0 amide bonds. The summed E-state index contributed by atoms with van der Waals surface area (Å²) in [5, 5.41) is 6.73. The molecular formula is C25H36N4O3. The minimum absolute atomic E-state index is 0.271. The highest BCUT2D eigenvalue weighted by atomic mass is 16.5. The lowest BCUT2D eigenvalue weighted by atomic mass is 10.1. The SMILES string of the molecule is CN=C(NCCOc1ccc(OC)cc1)NCc1ccccc1CN1CC(C)OC(C)C1. The van der Waals surface area contributed by atoms with Crippen molar-refractivity contribution in [2.45, 2.75) is 39.1 Å². The molecule has 1 aliphatic rings. The van der Waals surface area contributed by atoms with E-state index in [-0.39, 0.29) is 12.2 Å². The van der Waals surface area contributed by atoms with Crippen LogP contribution in [-0.4, -0.2) is 63.5 Å². The third-order valence-corrected chi connectivity index (χ3v) is 5.40. The van der Waals surface area contributed by atoms with Crippen LogP contribution in [0.25, 0.3) is 0 Å². The molecule has 0 aromatic heterocycles. The second-order valence-electron chi connectivity index (χ2n) is 8.10. The first-order chi connectivity index (χ1) is 15.6. The third kappa shape index (κ3) is 7.43. The predicted molar refractivity (Wildman–Crippen MR) is 128 cm³/mol. The van der Waals surface area contributed by atoms with E-state index in [4.69, 9.17) is 14.2 Å². The molecule has 1 saturated heterocycles. The van der Waals surface area contributed by atoms with Crippen LogP contribution in [0.4, 0.5) is 0 Å². The Balaban J connectivity index is 1.45. The first kappa shape index (κ1) is 23.9. The van der Waals surface area contributed by atoms with E-state index in [2.05, 4.69) is 58.6 Å². The number of nitrogens with one attached hydrogen (secondary N) is 2. The van der Waals surface area contributed by atoms with Gasteiger partial charge in [-0.2, -0.15) is 0 Å². The quantitative estimate of drug-likeness (QED) is 0.355. The standard InChI is InChI=1S/C25H36N4O3/c1-19-16-29(17-20(2)32-19)18-22-8-6-5-7-21(22)15-28-25(26-3)27-13-14-31-24-11-9-23(30-4)10-12-24/h5-12,19-20H,13-18H2,1-4H3,(H2,26,27,28). The van der Waals surface area contributed by atoms with Crippen LogP contribution in [0, 0.1) is 0 Å². The zero-order valence-corrected chi connectivity index (χ0v) is 19.6. The summed E-state index contributed by atoms with van der Waals surface area (Å²) in [6.07, 6.45) is 0.541. The maximum atomic E-state index is 5.87. The fourth-order valence-corrected chi connectivity index (χ4v) is 3.95. The van der Waals surface area contributed by atoms with E-state index in [0.29, 0.717) is 19.7 Å². The Morgan fingerprint density at radius 2 is 1.66 bits per heavy atom. The summed E-state index contributed by atoms with van der Waals surface area (Å²) in [6.45, 7) is 9.04. The molecule has 0 bridgehead atoms. The summed E-state index contributed by atoms with van der Waals surface area (Å²) in [6, 6.07) is 16.2. The van der Waals surface area contributed by atoms with Crippen molar-refractivity contribution in [3.63, 3.8) is 0 Å². The van der Waals surface area contributed by atoms with Crippen molar-refractivity contribution in [1.29, 1.82) is 0 Å². The normalized spacial score (nSPS) is 19.4. The van der Waals surface area contributed by atoms with E-state index < -0.39 is 0 Å². The molecule has 7 heteroatoms. The van der Waals surface area contributed by atoms with E-state index in [1.165, 1.54) is 11.1 Å². The molecule has 0 spiro atoms. The highest BCUT2D eigenvalue weighted by Gasteiger charge is 2.22. The number of ether oxygens (including phenoxy) is 3. The number of benzene rings is 2. The molecule has 32 heavy (non-hydrogen) atoms. The van der Waals surface area contributed by atoms with Crippen LogP contribution < -0.4 is 20.1 Å². The summed E-state index contributed by atoms with van der Waals surface area (Å²) in [7, 11) is 3.43. The average molecular weight is 441 g/mol. The van der Waals surface area contributed by atoms with Crippen LogP contribution in [-0.2, 0) is 17.8 Å². The van der Waals surface area contributed by atoms with Gasteiger partial charge in [-0.1, -0.05) is 24.3 Å². The topological polar surface area (TPSA) is 67.4 Å². The molecule has 2 aromatic carbocycles. The van der Waals surface area contributed by atoms with Gasteiger partial charge in [0.15, 0.2) is 5.96 Å². The van der Waals surface area contributed by atoms with Crippen LogP contribution >= 0.6 is 0 Å². The van der Waals surface area contributed by atoms with Gasteiger partial charge in [0, 0.05) is 33.2 Å². The lowest BCUT2D eigenvalue weighted by Gasteiger charge is -2.35. The Morgan fingerprint density at radius 3 is 2.31 bits per heavy atom. The average Bonchev–Trinajstić information content (AvgIpc) is 2.79. The van der Waals surface area contributed by atoms with Gasteiger partial charge in [0.05, 0.1) is 25.9 Å². The number of rotatable bonds is 9. The molecular weight excluding hydrogens is 404 g/mol. The predicted octanol–water partition coefficient (Wildman–Crippen LogP) is 3.05. The number of morpholine rings is 1. The van der Waals surface area contributed by atoms with Crippen molar-refractivity contribution < 1.29 is 14.2 Å². The minimum Gasteiger partial charge on any atom is -0.497 e. The Labute approximate surface area is 191 Å². The Morgan fingerprint density at radius 1 is 1.00 bits per heavy atom. The zero-order valence-electron chi connectivity index (χ0n) is 19.6. The number of hydrogen-bond acceptors (Lipinski definition) is 5. The maximum Gasteiger partial charge on any atom is 0.191 e. The number of guanidine groups is 1. The lowest BCUT2D eigenvalue weighted by molar-refractivity contribution is -0.0705. The summed E-state index contributed by atoms with van der Waals surface area (Å²) in [5.41, 5.74) is 2.61. The largest absolute Gasteiger partial charge is 0.497 e. The molecule has 2 aromatic rings. The molecule has 174 valence electrons. The van der Waals surface area contributed by atoms with Gasteiger partial charge in [-0.25, -0.2) is 0 Å². The Kier molecular flexibility index (Phi) is 9.19. The van der Waals surface area contributed by atoms with Crippen LogP contribution in [0.5, 0.6) is 11.5 Å². The van der Waals surface area contributed by atoms with Gasteiger partial charge >= 0.3 is 0 Å². The molecule has 2 N–H and O–H groups in total. The van der Waals surface area contributed by atoms with Gasteiger partial charge < -0.3 is 24.8 Å². The van der Waals surface area contributed by atoms with Crippen molar-refractivity contribution in [3.8, 4) is 11.5 Å². The van der Waals surface area contributed by atoms with E-state index in [9.17, 15) is 0 Å². The molecule has 2 atom stereocenters. The molecule has 1 fully saturated rings. The Bertz CT molecular complexity index is 847. The summed E-state index contributed by atoms with van der Waals surface area (Å²) in [5.74, 6) is 2.39. The number of hydrogen-bond donors (Lipinski definition) is 2. The molecule has 3 rings (SSSR count). The molecule has 7 nitrogen and oxygen atoms in total. The summed E-state index contributed by atoms with van der Waals surface area (Å²) < 4.78 is 16.8. The lowest BCUT2D eigenvalue weighted by Crippen LogP contribution is -2.45. The van der Waals surface area contributed by atoms with Gasteiger partial charge in [-0.05, 0) is 49.2 Å². The molecule has 1 aliphatic heterocycles. The van der Waals surface area contributed by atoms with Crippen LogP contribution in [0.3, 0.4) is 0 Å². The third-order valence-electron chi connectivity index (χ3n) is 5.40. The van der Waals surface area contributed by atoms with E-state index in [0.717, 1.165) is 37.1 Å². The number of nitrogens with zero attached hydrogens (tertiary/aromatic N) is 2. The van der Waals surface area contributed by atoms with Crippen molar-refractivity contribution in [1.82, 2.24) is 15.5 Å². The van der Waals surface area contributed by atoms with Crippen LogP contribution in [0.1, 0.15) is 25.0 Å². The van der Waals surface area contributed by atoms with E-state index in [1.54, 1.807) is 14.2 Å². The minimum atomic E-state index is 0.271. The van der Waals surface area contributed by atoms with Gasteiger partial charge in [-0.3, -0.25) is 9.89 Å². The van der Waals surface area contributed by atoms with Gasteiger partial charge in [0.2, 0.25) is 0 Å². The van der Waals surface area contributed by atoms with Crippen molar-refractivity contribution in [2.75, 3.05) is 40.4 Å². The van der Waals surface area contributed by atoms with Gasteiger partial charge in [-0.15, -0.1) is 0 Å². The molecule has 1 heterocycles. The summed E-state index contributed by atoms with van der Waals surface area (Å²) in [4.78, 5) is 6.80. The highest BCUT2D eigenvalue weighted by molar-refractivity contribution is 5.79. The van der Waals surface area contributed by atoms with Crippen LogP contribution in [0.15, 0.2) is 53.5 Å². The highest BCUT2D eigenvalue weighted by Crippen LogP contribution is 2.18. The molecule has 0 saturated carbocycles. The monoisotopic (exact) mass is 440 g/mol. The van der Waals surface area contributed by atoms with Gasteiger partial charge in [0.25, 0.3) is 0 Å². The molecule has 0 radical (unpaired) electrons. The fourth-order valence-electron chi connectivity index (χ4n) is 3.95.